The van der Waals surface area contributed by atoms with E-state index in [2.05, 4.69) is 5.32 Å². The van der Waals surface area contributed by atoms with E-state index >= 15 is 0 Å². The van der Waals surface area contributed by atoms with Gasteiger partial charge < -0.3 is 10.1 Å². The average Bonchev–Trinajstić information content (AvgIpc) is 2.47. The molecule has 0 saturated heterocycles. The van der Waals surface area contributed by atoms with Gasteiger partial charge in [0.25, 0.3) is 15.0 Å². The lowest BCUT2D eigenvalue weighted by Gasteiger charge is -2.11. The van der Waals surface area contributed by atoms with Crippen LogP contribution in [0.15, 0.2) is 41.3 Å². The van der Waals surface area contributed by atoms with Crippen molar-refractivity contribution in [2.45, 2.75) is 4.90 Å². The summed E-state index contributed by atoms with van der Waals surface area (Å²) in [6.07, 6.45) is 0. The van der Waals surface area contributed by atoms with Crippen molar-refractivity contribution < 1.29 is 26.7 Å². The van der Waals surface area contributed by atoms with Gasteiger partial charge in [-0.25, -0.2) is 17.2 Å². The average molecular weight is 362 g/mol. The summed E-state index contributed by atoms with van der Waals surface area (Å²) >= 11 is 0. The molecule has 5 nitrogen and oxygen atoms in total. The molecule has 0 radical (unpaired) electrons. The van der Waals surface area contributed by atoms with Crippen molar-refractivity contribution in [1.29, 1.82) is 0 Å². The highest BCUT2D eigenvalue weighted by Gasteiger charge is 2.22. The van der Waals surface area contributed by atoms with E-state index in [-0.39, 0.29) is 11.3 Å². The quantitative estimate of drug-likeness (QED) is 0.849. The van der Waals surface area contributed by atoms with E-state index in [1.165, 1.54) is 12.1 Å². The summed E-state index contributed by atoms with van der Waals surface area (Å²) in [5.41, 5.74) is -0.131. The summed E-state index contributed by atoms with van der Waals surface area (Å²) < 4.78 is 54.2. The number of hydrogen-bond acceptors (Lipinski definition) is 4. The minimum atomic E-state index is -4.24. The van der Waals surface area contributed by atoms with Crippen molar-refractivity contribution >= 4 is 31.3 Å². The molecule has 0 aliphatic heterocycles. The molecule has 0 fully saturated rings. The molecule has 0 aliphatic rings. The monoisotopic (exact) mass is 361 g/mol. The van der Waals surface area contributed by atoms with Gasteiger partial charge in [-0.15, -0.1) is 0 Å². The van der Waals surface area contributed by atoms with Crippen LogP contribution in [0.5, 0.6) is 5.75 Å². The van der Waals surface area contributed by atoms with E-state index in [0.29, 0.717) is 6.07 Å². The Morgan fingerprint density at radius 3 is 2.30 bits per heavy atom. The standard InChI is InChI=1S/C14H10ClF2NO4S/c1-22-13-11(6-10(7-12(13)17)23(15,20)21)14(19)18-9-4-2-8(16)3-5-9/h2-7H,1H3,(H,18,19). The maximum atomic E-state index is 13.9. The zero-order valence-electron chi connectivity index (χ0n) is 11.6. The highest BCUT2D eigenvalue weighted by molar-refractivity contribution is 8.13. The van der Waals surface area contributed by atoms with Gasteiger partial charge >= 0.3 is 0 Å². The highest BCUT2D eigenvalue weighted by Crippen LogP contribution is 2.29. The second kappa shape index (κ2) is 6.51. The lowest BCUT2D eigenvalue weighted by molar-refractivity contribution is 0.102. The van der Waals surface area contributed by atoms with E-state index in [4.69, 9.17) is 15.4 Å². The summed E-state index contributed by atoms with van der Waals surface area (Å²) in [5.74, 6) is -2.83. The molecule has 0 heterocycles. The van der Waals surface area contributed by atoms with E-state index in [1.54, 1.807) is 0 Å². The number of nitrogens with one attached hydrogen (secondary N) is 1. The fourth-order valence-electron chi connectivity index (χ4n) is 1.82. The molecular formula is C14H10ClF2NO4S. The Morgan fingerprint density at radius 1 is 1.17 bits per heavy atom. The molecule has 2 rings (SSSR count). The van der Waals surface area contributed by atoms with Gasteiger partial charge in [0.15, 0.2) is 11.6 Å². The molecule has 0 aliphatic carbocycles. The third kappa shape index (κ3) is 3.96. The second-order valence-electron chi connectivity index (χ2n) is 4.38. The Labute approximate surface area is 135 Å². The SMILES string of the molecule is COc1c(F)cc(S(=O)(=O)Cl)cc1C(=O)Nc1ccc(F)cc1. The molecule has 1 amide bonds. The number of anilines is 1. The van der Waals surface area contributed by atoms with Crippen molar-refractivity contribution in [1.82, 2.24) is 0 Å². The van der Waals surface area contributed by atoms with Crippen LogP contribution in [-0.2, 0) is 9.05 Å². The second-order valence-corrected chi connectivity index (χ2v) is 6.95. The van der Waals surface area contributed by atoms with Crippen molar-refractivity contribution in [3.63, 3.8) is 0 Å². The minimum absolute atomic E-state index is 0.234. The molecule has 0 bridgehead atoms. The molecule has 122 valence electrons. The van der Waals surface area contributed by atoms with Crippen LogP contribution in [0.2, 0.25) is 0 Å². The Morgan fingerprint density at radius 2 is 1.78 bits per heavy atom. The van der Waals surface area contributed by atoms with Crippen LogP contribution in [0.1, 0.15) is 10.4 Å². The predicted octanol–water partition coefficient (Wildman–Crippen LogP) is 3.15. The third-order valence-electron chi connectivity index (χ3n) is 2.85. The van der Waals surface area contributed by atoms with Crippen LogP contribution in [0.4, 0.5) is 14.5 Å². The van der Waals surface area contributed by atoms with Crippen LogP contribution >= 0.6 is 10.7 Å². The molecule has 2 aromatic rings. The zero-order chi connectivity index (χ0) is 17.2. The molecule has 0 unspecified atom stereocenters. The van der Waals surface area contributed by atoms with Crippen molar-refractivity contribution in [3.8, 4) is 5.75 Å². The number of halogens is 3. The number of amides is 1. The molecule has 1 N–H and O–H groups in total. The van der Waals surface area contributed by atoms with Gasteiger partial charge in [0, 0.05) is 16.4 Å². The summed E-state index contributed by atoms with van der Waals surface area (Å²) in [4.78, 5) is 11.6. The normalized spacial score (nSPS) is 11.1. The largest absolute Gasteiger partial charge is 0.493 e. The molecule has 2 aromatic carbocycles. The molecule has 9 heteroatoms. The summed E-state index contributed by atoms with van der Waals surface area (Å²) in [6, 6.07) is 6.36. The first kappa shape index (κ1) is 17.2. The van der Waals surface area contributed by atoms with Gasteiger partial charge in [0.2, 0.25) is 0 Å². The van der Waals surface area contributed by atoms with Gasteiger partial charge in [-0.05, 0) is 36.4 Å². The van der Waals surface area contributed by atoms with Crippen LogP contribution in [-0.4, -0.2) is 21.4 Å². The number of rotatable bonds is 4. The Balaban J connectivity index is 2.45. The summed E-state index contributed by atoms with van der Waals surface area (Å²) in [5, 5.41) is 2.38. The number of carbonyl (C=O) groups excluding carboxylic acids is 1. The number of methoxy groups -OCH3 is 1. The lowest BCUT2D eigenvalue weighted by Crippen LogP contribution is -2.15. The predicted molar refractivity (Wildman–Crippen MR) is 80.3 cm³/mol. The van der Waals surface area contributed by atoms with Crippen molar-refractivity contribution in [2.75, 3.05) is 12.4 Å². The third-order valence-corrected chi connectivity index (χ3v) is 4.18. The van der Waals surface area contributed by atoms with Crippen LogP contribution in [0, 0.1) is 11.6 Å². The van der Waals surface area contributed by atoms with Gasteiger partial charge in [-0.2, -0.15) is 0 Å². The van der Waals surface area contributed by atoms with Gasteiger partial charge in [0.1, 0.15) is 5.82 Å². The topological polar surface area (TPSA) is 72.5 Å². The number of carbonyl (C=O) groups is 1. The summed E-state index contributed by atoms with van der Waals surface area (Å²) in [6.45, 7) is 0. The maximum Gasteiger partial charge on any atom is 0.261 e. The fourth-order valence-corrected chi connectivity index (χ4v) is 2.59. The molecule has 0 spiro atoms. The highest BCUT2D eigenvalue weighted by atomic mass is 35.7. The van der Waals surface area contributed by atoms with E-state index in [1.807, 2.05) is 0 Å². The lowest BCUT2D eigenvalue weighted by atomic mass is 10.1. The van der Waals surface area contributed by atoms with Crippen molar-refractivity contribution in [2.24, 2.45) is 0 Å². The van der Waals surface area contributed by atoms with E-state index in [9.17, 15) is 22.0 Å². The van der Waals surface area contributed by atoms with E-state index in [0.717, 1.165) is 25.3 Å². The Bertz CT molecular complexity index is 854. The van der Waals surface area contributed by atoms with Gasteiger partial charge in [0.05, 0.1) is 17.6 Å². The molecule has 0 saturated carbocycles. The smallest absolute Gasteiger partial charge is 0.261 e. The first-order chi connectivity index (χ1) is 10.7. The molecule has 0 atom stereocenters. The fraction of sp³-hybridized carbons (Fsp3) is 0.0714. The van der Waals surface area contributed by atoms with Crippen LogP contribution in [0.3, 0.4) is 0 Å². The van der Waals surface area contributed by atoms with Crippen LogP contribution in [0.25, 0.3) is 0 Å². The van der Waals surface area contributed by atoms with Crippen molar-refractivity contribution in [3.05, 3.63) is 53.6 Å². The minimum Gasteiger partial charge on any atom is -0.493 e. The maximum absolute atomic E-state index is 13.9. The first-order valence-corrected chi connectivity index (χ1v) is 8.42. The Hall–Kier alpha value is -2.19. The first-order valence-electron chi connectivity index (χ1n) is 6.11. The van der Waals surface area contributed by atoms with Gasteiger partial charge in [-0.3, -0.25) is 4.79 Å². The molecule has 23 heavy (non-hydrogen) atoms. The molecular weight excluding hydrogens is 352 g/mol. The number of benzene rings is 2. The van der Waals surface area contributed by atoms with E-state index < -0.39 is 37.2 Å². The zero-order valence-corrected chi connectivity index (χ0v) is 13.2. The molecule has 0 aromatic heterocycles. The Kier molecular flexibility index (Phi) is 4.86. The number of ether oxygens (including phenoxy) is 1. The summed E-state index contributed by atoms with van der Waals surface area (Å²) in [7, 11) is 2.06. The number of hydrogen-bond donors (Lipinski definition) is 1. The van der Waals surface area contributed by atoms with Gasteiger partial charge in [-0.1, -0.05) is 0 Å². The van der Waals surface area contributed by atoms with Crippen LogP contribution < -0.4 is 10.1 Å².